The van der Waals surface area contributed by atoms with Crippen LogP contribution in [-0.2, 0) is 6.42 Å². The minimum absolute atomic E-state index is 0.391. The van der Waals surface area contributed by atoms with Crippen molar-refractivity contribution >= 4 is 21.9 Å². The van der Waals surface area contributed by atoms with Gasteiger partial charge in [0.25, 0.3) is 0 Å². The third-order valence-electron chi connectivity index (χ3n) is 3.62. The predicted molar refractivity (Wildman–Crippen MR) is 101 cm³/mol. The molecule has 0 aliphatic heterocycles. The molecule has 0 fully saturated rings. The van der Waals surface area contributed by atoms with E-state index in [0.717, 1.165) is 16.6 Å². The quantitative estimate of drug-likeness (QED) is 0.419. The zero-order valence-corrected chi connectivity index (χ0v) is 15.1. The molecule has 0 atom stereocenters. The summed E-state index contributed by atoms with van der Waals surface area (Å²) in [6, 6.07) is 24.3. The van der Waals surface area contributed by atoms with Crippen molar-refractivity contribution in [1.29, 1.82) is 0 Å². The molecule has 3 rings (SSSR count). The number of carbonyl (C=O) groups is 1. The number of halogens is 1. The summed E-state index contributed by atoms with van der Waals surface area (Å²) in [5.74, 6) is 0.852. The van der Waals surface area contributed by atoms with E-state index >= 15 is 0 Å². The lowest BCUT2D eigenvalue weighted by Crippen LogP contribution is -2.08. The highest BCUT2D eigenvalue weighted by atomic mass is 79.9. The molecule has 0 amide bonds. The first-order valence-corrected chi connectivity index (χ1v) is 8.74. The summed E-state index contributed by atoms with van der Waals surface area (Å²) in [7, 11) is 0. The first-order chi connectivity index (χ1) is 12.2. The van der Waals surface area contributed by atoms with Crippen LogP contribution in [0.5, 0.6) is 11.5 Å². The third kappa shape index (κ3) is 5.19. The number of benzene rings is 3. The van der Waals surface area contributed by atoms with Gasteiger partial charge in [-0.2, -0.15) is 0 Å². The van der Waals surface area contributed by atoms with Gasteiger partial charge in [0.2, 0.25) is 0 Å². The lowest BCUT2D eigenvalue weighted by Gasteiger charge is -2.08. The maximum Gasteiger partial charge on any atom is 0.343 e. The molecule has 0 aromatic heterocycles. The number of ether oxygens (including phenoxy) is 2. The smallest absolute Gasteiger partial charge is 0.343 e. The van der Waals surface area contributed by atoms with Gasteiger partial charge in [0.1, 0.15) is 11.5 Å². The van der Waals surface area contributed by atoms with Crippen molar-refractivity contribution in [2.45, 2.75) is 6.42 Å². The van der Waals surface area contributed by atoms with Crippen molar-refractivity contribution in [2.75, 3.05) is 6.61 Å². The summed E-state index contributed by atoms with van der Waals surface area (Å²) in [5.41, 5.74) is 1.72. The molecule has 126 valence electrons. The van der Waals surface area contributed by atoms with Crippen LogP contribution in [0.3, 0.4) is 0 Å². The molecule has 0 saturated heterocycles. The topological polar surface area (TPSA) is 35.5 Å². The average Bonchev–Trinajstić information content (AvgIpc) is 2.65. The molecule has 0 aliphatic carbocycles. The molecule has 3 aromatic rings. The van der Waals surface area contributed by atoms with Crippen LogP contribution in [0.15, 0.2) is 83.3 Å². The zero-order valence-electron chi connectivity index (χ0n) is 13.5. The predicted octanol–water partition coefficient (Wildman–Crippen LogP) is 5.29. The number of carbonyl (C=O) groups excluding carboxylic acids is 1. The first-order valence-electron chi connectivity index (χ1n) is 7.95. The van der Waals surface area contributed by atoms with Crippen molar-refractivity contribution in [3.05, 3.63) is 94.5 Å². The molecule has 0 spiro atoms. The number of rotatable bonds is 6. The van der Waals surface area contributed by atoms with Gasteiger partial charge in [-0.1, -0.05) is 46.3 Å². The number of esters is 1. The van der Waals surface area contributed by atoms with E-state index in [1.54, 1.807) is 36.4 Å². The second-order valence-corrected chi connectivity index (χ2v) is 6.37. The molecule has 0 heterocycles. The van der Waals surface area contributed by atoms with E-state index in [4.69, 9.17) is 9.47 Å². The van der Waals surface area contributed by atoms with Gasteiger partial charge in [-0.05, 0) is 54.1 Å². The van der Waals surface area contributed by atoms with Crippen LogP contribution in [-0.4, -0.2) is 12.6 Å². The standard InChI is InChI=1S/C21H17BrO3/c22-18-8-12-20(13-9-18)25-21(23)17-6-10-19(11-7-17)24-15-14-16-4-2-1-3-5-16/h1-13H,14-15H2. The molecule has 3 aromatic carbocycles. The Morgan fingerprint density at radius 1 is 0.800 bits per heavy atom. The molecule has 0 unspecified atom stereocenters. The van der Waals surface area contributed by atoms with E-state index in [-0.39, 0.29) is 0 Å². The minimum atomic E-state index is -0.391. The van der Waals surface area contributed by atoms with Crippen LogP contribution in [0, 0.1) is 0 Å². The fourth-order valence-electron chi connectivity index (χ4n) is 2.29. The SMILES string of the molecule is O=C(Oc1ccc(Br)cc1)c1ccc(OCCc2ccccc2)cc1. The van der Waals surface area contributed by atoms with E-state index in [2.05, 4.69) is 28.1 Å². The Morgan fingerprint density at radius 3 is 2.12 bits per heavy atom. The molecule has 0 radical (unpaired) electrons. The van der Waals surface area contributed by atoms with E-state index in [1.165, 1.54) is 5.56 Å². The van der Waals surface area contributed by atoms with Crippen molar-refractivity contribution in [1.82, 2.24) is 0 Å². The molecule has 0 saturated carbocycles. The summed E-state index contributed by atoms with van der Waals surface area (Å²) in [6.07, 6.45) is 0.841. The highest BCUT2D eigenvalue weighted by molar-refractivity contribution is 9.10. The monoisotopic (exact) mass is 396 g/mol. The molecule has 0 N–H and O–H groups in total. The lowest BCUT2D eigenvalue weighted by atomic mass is 10.2. The summed E-state index contributed by atoms with van der Waals surface area (Å²) in [6.45, 7) is 0.590. The molecule has 3 nitrogen and oxygen atoms in total. The Kier molecular flexibility index (Phi) is 5.86. The van der Waals surface area contributed by atoms with E-state index in [1.807, 2.05) is 30.3 Å². The van der Waals surface area contributed by atoms with Crippen LogP contribution >= 0.6 is 15.9 Å². The Bertz CT molecular complexity index is 812. The van der Waals surface area contributed by atoms with Gasteiger partial charge in [0.05, 0.1) is 12.2 Å². The summed E-state index contributed by atoms with van der Waals surface area (Å²) >= 11 is 3.35. The third-order valence-corrected chi connectivity index (χ3v) is 4.15. The van der Waals surface area contributed by atoms with E-state index in [0.29, 0.717) is 17.9 Å². The fraction of sp³-hybridized carbons (Fsp3) is 0.0952. The second kappa shape index (κ2) is 8.49. The van der Waals surface area contributed by atoms with Gasteiger partial charge in [-0.25, -0.2) is 4.79 Å². The molecule has 25 heavy (non-hydrogen) atoms. The van der Waals surface area contributed by atoms with Crippen LogP contribution in [0.1, 0.15) is 15.9 Å². The molecule has 4 heteroatoms. The minimum Gasteiger partial charge on any atom is -0.493 e. The summed E-state index contributed by atoms with van der Waals surface area (Å²) < 4.78 is 12.0. The largest absolute Gasteiger partial charge is 0.493 e. The van der Waals surface area contributed by atoms with Crippen molar-refractivity contribution in [3.8, 4) is 11.5 Å². The molecular formula is C21H17BrO3. The molecule has 0 bridgehead atoms. The van der Waals surface area contributed by atoms with Crippen molar-refractivity contribution in [3.63, 3.8) is 0 Å². The van der Waals surface area contributed by atoms with Crippen LogP contribution < -0.4 is 9.47 Å². The fourth-order valence-corrected chi connectivity index (χ4v) is 2.55. The Morgan fingerprint density at radius 2 is 1.44 bits per heavy atom. The summed E-state index contributed by atoms with van der Waals surface area (Å²) in [4.78, 5) is 12.1. The van der Waals surface area contributed by atoms with Crippen molar-refractivity contribution < 1.29 is 14.3 Å². The van der Waals surface area contributed by atoms with Gasteiger partial charge < -0.3 is 9.47 Å². The lowest BCUT2D eigenvalue weighted by molar-refractivity contribution is 0.0734. The maximum atomic E-state index is 12.1. The van der Waals surface area contributed by atoms with E-state index < -0.39 is 5.97 Å². The van der Waals surface area contributed by atoms with Gasteiger partial charge in [-0.3, -0.25) is 0 Å². The van der Waals surface area contributed by atoms with Crippen molar-refractivity contribution in [2.24, 2.45) is 0 Å². The van der Waals surface area contributed by atoms with Crippen LogP contribution in [0.2, 0.25) is 0 Å². The second-order valence-electron chi connectivity index (χ2n) is 5.45. The normalized spacial score (nSPS) is 10.3. The maximum absolute atomic E-state index is 12.1. The number of hydrogen-bond acceptors (Lipinski definition) is 3. The highest BCUT2D eigenvalue weighted by Gasteiger charge is 2.08. The Hall–Kier alpha value is -2.59. The number of hydrogen-bond donors (Lipinski definition) is 0. The van der Waals surface area contributed by atoms with Gasteiger partial charge in [0, 0.05) is 10.9 Å². The van der Waals surface area contributed by atoms with Gasteiger partial charge in [-0.15, -0.1) is 0 Å². The zero-order chi connectivity index (χ0) is 17.5. The molecular weight excluding hydrogens is 380 g/mol. The Labute approximate surface area is 155 Å². The van der Waals surface area contributed by atoms with E-state index in [9.17, 15) is 4.79 Å². The highest BCUT2D eigenvalue weighted by Crippen LogP contribution is 2.18. The van der Waals surface area contributed by atoms with Gasteiger partial charge in [0.15, 0.2) is 0 Å². The summed E-state index contributed by atoms with van der Waals surface area (Å²) in [5, 5.41) is 0. The molecule has 0 aliphatic rings. The van der Waals surface area contributed by atoms with Crippen LogP contribution in [0.25, 0.3) is 0 Å². The van der Waals surface area contributed by atoms with Crippen LogP contribution in [0.4, 0.5) is 0 Å². The van der Waals surface area contributed by atoms with Gasteiger partial charge >= 0.3 is 5.97 Å². The first kappa shape index (κ1) is 17.2. The Balaban J connectivity index is 1.52. The average molecular weight is 397 g/mol.